The molecular weight excluding hydrogens is 282 g/mol. The van der Waals surface area contributed by atoms with Crippen molar-refractivity contribution < 1.29 is 4.92 Å². The van der Waals surface area contributed by atoms with Gasteiger partial charge >= 0.3 is 0 Å². The monoisotopic (exact) mass is 297 g/mol. The maximum Gasteiger partial charge on any atom is 0.287 e. The van der Waals surface area contributed by atoms with Crippen molar-refractivity contribution in [2.24, 2.45) is 0 Å². The summed E-state index contributed by atoms with van der Waals surface area (Å²) >= 11 is 0. The van der Waals surface area contributed by atoms with E-state index >= 15 is 0 Å². The second-order valence-corrected chi connectivity index (χ2v) is 4.83. The smallest absolute Gasteiger partial charge is 0.287 e. The third-order valence-corrected chi connectivity index (χ3v) is 3.09. The molecule has 7 heteroatoms. The Labute approximate surface area is 128 Å². The summed E-state index contributed by atoms with van der Waals surface area (Å²) in [6.45, 7) is 0.504. The number of anilines is 2. The molecule has 2 aromatic rings. The molecule has 0 aliphatic heterocycles. The number of nitriles is 1. The van der Waals surface area contributed by atoms with Crippen molar-refractivity contribution in [1.82, 2.24) is 4.98 Å². The summed E-state index contributed by atoms with van der Waals surface area (Å²) in [5, 5.41) is 23.0. The lowest BCUT2D eigenvalue weighted by Gasteiger charge is -2.16. The molecular formula is C15H15N5O2. The van der Waals surface area contributed by atoms with E-state index in [1.807, 2.05) is 37.2 Å². The minimum atomic E-state index is -0.562. The van der Waals surface area contributed by atoms with Gasteiger partial charge in [-0.2, -0.15) is 5.26 Å². The Balaban J connectivity index is 2.20. The van der Waals surface area contributed by atoms with Crippen molar-refractivity contribution in [3.05, 3.63) is 57.8 Å². The van der Waals surface area contributed by atoms with E-state index in [1.54, 1.807) is 12.3 Å². The molecule has 0 atom stereocenters. The van der Waals surface area contributed by atoms with Gasteiger partial charge in [-0.15, -0.1) is 0 Å². The lowest BCUT2D eigenvalue weighted by atomic mass is 10.1. The van der Waals surface area contributed by atoms with Gasteiger partial charge in [0.1, 0.15) is 17.5 Å². The Bertz CT molecular complexity index is 737. The molecule has 0 saturated carbocycles. The van der Waals surface area contributed by atoms with Crippen molar-refractivity contribution in [1.29, 1.82) is 5.26 Å². The molecule has 0 saturated heterocycles. The first-order valence-corrected chi connectivity index (χ1v) is 6.56. The number of hydrogen-bond acceptors (Lipinski definition) is 6. The number of nitro benzene ring substituents is 1. The van der Waals surface area contributed by atoms with E-state index in [9.17, 15) is 10.1 Å². The topological polar surface area (TPSA) is 95.1 Å². The third-order valence-electron chi connectivity index (χ3n) is 3.09. The average molecular weight is 297 g/mol. The lowest BCUT2D eigenvalue weighted by Crippen LogP contribution is -2.14. The minimum Gasteiger partial charge on any atom is -0.381 e. The number of hydrogen-bond donors (Lipinski definition) is 1. The zero-order chi connectivity index (χ0) is 16.1. The van der Waals surface area contributed by atoms with E-state index in [2.05, 4.69) is 10.3 Å². The van der Waals surface area contributed by atoms with Crippen LogP contribution in [-0.2, 0) is 6.54 Å². The molecule has 1 heterocycles. The van der Waals surface area contributed by atoms with Crippen LogP contribution in [0.2, 0.25) is 0 Å². The van der Waals surface area contributed by atoms with Crippen LogP contribution in [0.15, 0.2) is 36.5 Å². The summed E-state index contributed by atoms with van der Waals surface area (Å²) in [5.74, 6) is 0.845. The second kappa shape index (κ2) is 6.54. The first-order valence-electron chi connectivity index (χ1n) is 6.56. The predicted molar refractivity (Wildman–Crippen MR) is 83.7 cm³/mol. The zero-order valence-electron chi connectivity index (χ0n) is 12.3. The fourth-order valence-corrected chi connectivity index (χ4v) is 2.06. The minimum absolute atomic E-state index is 0.0361. The van der Waals surface area contributed by atoms with Crippen LogP contribution < -0.4 is 10.2 Å². The van der Waals surface area contributed by atoms with Gasteiger partial charge in [0.2, 0.25) is 0 Å². The van der Waals surface area contributed by atoms with Gasteiger partial charge in [0, 0.05) is 44.2 Å². The van der Waals surface area contributed by atoms with Gasteiger partial charge in [-0.1, -0.05) is 6.07 Å². The zero-order valence-corrected chi connectivity index (χ0v) is 12.3. The highest BCUT2D eigenvalue weighted by Gasteiger charge is 2.14. The van der Waals surface area contributed by atoms with Gasteiger partial charge in [-0.05, 0) is 18.2 Å². The Hall–Kier alpha value is -3.14. The number of aromatic nitrogens is 1. The SMILES string of the molecule is CN(C)c1ncccc1CNc1ccc([N+](=O)[O-])c(C#N)c1. The molecule has 112 valence electrons. The number of benzene rings is 1. The average Bonchev–Trinajstić information content (AvgIpc) is 2.52. The van der Waals surface area contributed by atoms with Gasteiger partial charge in [-0.25, -0.2) is 4.98 Å². The largest absolute Gasteiger partial charge is 0.381 e. The van der Waals surface area contributed by atoms with Crippen LogP contribution in [0.4, 0.5) is 17.2 Å². The first kappa shape index (κ1) is 15.3. The van der Waals surface area contributed by atoms with Crippen molar-refractivity contribution in [3.8, 4) is 6.07 Å². The van der Waals surface area contributed by atoms with Crippen LogP contribution in [0.5, 0.6) is 0 Å². The third kappa shape index (κ3) is 3.30. The van der Waals surface area contributed by atoms with Crippen LogP contribution in [-0.4, -0.2) is 24.0 Å². The molecule has 0 amide bonds. The molecule has 1 aromatic carbocycles. The van der Waals surface area contributed by atoms with Crippen molar-refractivity contribution >= 4 is 17.2 Å². The molecule has 0 aliphatic carbocycles. The van der Waals surface area contributed by atoms with Crippen LogP contribution >= 0.6 is 0 Å². The van der Waals surface area contributed by atoms with Crippen LogP contribution in [0.3, 0.4) is 0 Å². The highest BCUT2D eigenvalue weighted by molar-refractivity contribution is 5.59. The molecule has 0 aliphatic rings. The highest BCUT2D eigenvalue weighted by atomic mass is 16.6. The van der Waals surface area contributed by atoms with Gasteiger partial charge in [-0.3, -0.25) is 10.1 Å². The maximum absolute atomic E-state index is 10.8. The summed E-state index contributed by atoms with van der Waals surface area (Å²) in [5.41, 5.74) is 1.48. The van der Waals surface area contributed by atoms with Gasteiger partial charge in [0.15, 0.2) is 0 Å². The molecule has 1 aromatic heterocycles. The van der Waals surface area contributed by atoms with Gasteiger partial charge in [0.25, 0.3) is 5.69 Å². The van der Waals surface area contributed by atoms with Crippen LogP contribution in [0.25, 0.3) is 0 Å². The molecule has 22 heavy (non-hydrogen) atoms. The van der Waals surface area contributed by atoms with Gasteiger partial charge < -0.3 is 10.2 Å². The van der Waals surface area contributed by atoms with Crippen molar-refractivity contribution in [3.63, 3.8) is 0 Å². The Kier molecular flexibility index (Phi) is 4.53. The summed E-state index contributed by atoms with van der Waals surface area (Å²) in [4.78, 5) is 16.5. The first-order chi connectivity index (χ1) is 10.5. The van der Waals surface area contributed by atoms with Crippen LogP contribution in [0, 0.1) is 21.4 Å². The molecule has 0 unspecified atom stereocenters. The summed E-state index contributed by atoms with van der Waals surface area (Å²) in [7, 11) is 3.82. The van der Waals surface area contributed by atoms with E-state index in [0.29, 0.717) is 12.2 Å². The second-order valence-electron chi connectivity index (χ2n) is 4.83. The van der Waals surface area contributed by atoms with Crippen molar-refractivity contribution in [2.45, 2.75) is 6.54 Å². The van der Waals surface area contributed by atoms with E-state index in [4.69, 9.17) is 5.26 Å². The summed E-state index contributed by atoms with van der Waals surface area (Å²) in [6.07, 6.45) is 1.72. The highest BCUT2D eigenvalue weighted by Crippen LogP contribution is 2.23. The number of nitrogens with one attached hydrogen (secondary N) is 1. The standard InChI is InChI=1S/C15H15N5O2/c1-19(2)15-11(4-3-7-17-15)10-18-13-5-6-14(20(21)22)12(8-13)9-16/h3-8,18H,10H2,1-2H3. The number of nitro groups is 1. The molecule has 0 spiro atoms. The molecule has 2 rings (SSSR count). The molecule has 0 bridgehead atoms. The molecule has 1 N–H and O–H groups in total. The Morgan fingerprint density at radius 1 is 1.41 bits per heavy atom. The quantitative estimate of drug-likeness (QED) is 0.673. The fraction of sp³-hybridized carbons (Fsp3) is 0.200. The fourth-order valence-electron chi connectivity index (χ4n) is 2.06. The van der Waals surface area contributed by atoms with Gasteiger partial charge in [0.05, 0.1) is 4.92 Å². The molecule has 7 nitrogen and oxygen atoms in total. The maximum atomic E-state index is 10.8. The molecule has 0 radical (unpaired) electrons. The normalized spacial score (nSPS) is 9.86. The number of rotatable bonds is 5. The Morgan fingerprint density at radius 3 is 2.82 bits per heavy atom. The van der Waals surface area contributed by atoms with E-state index in [1.165, 1.54) is 12.1 Å². The predicted octanol–water partition coefficient (Wildman–Crippen LogP) is 2.54. The van der Waals surface area contributed by atoms with Crippen molar-refractivity contribution in [2.75, 3.05) is 24.3 Å². The number of pyridine rings is 1. The summed E-state index contributed by atoms with van der Waals surface area (Å²) in [6, 6.07) is 10.0. The van der Waals surface area contributed by atoms with Crippen LogP contribution in [0.1, 0.15) is 11.1 Å². The van der Waals surface area contributed by atoms with E-state index in [-0.39, 0.29) is 11.3 Å². The molecule has 0 fully saturated rings. The van der Waals surface area contributed by atoms with E-state index in [0.717, 1.165) is 11.4 Å². The Morgan fingerprint density at radius 2 is 2.18 bits per heavy atom. The summed E-state index contributed by atoms with van der Waals surface area (Å²) < 4.78 is 0. The van der Waals surface area contributed by atoms with E-state index < -0.39 is 4.92 Å². The lowest BCUT2D eigenvalue weighted by molar-refractivity contribution is -0.385. The number of nitrogens with zero attached hydrogens (tertiary/aromatic N) is 4.